The summed E-state index contributed by atoms with van der Waals surface area (Å²) in [4.78, 5) is 34.3. The smallest absolute Gasteiger partial charge is 0.234 e. The molecule has 0 aliphatic carbocycles. The van der Waals surface area contributed by atoms with Crippen molar-refractivity contribution >= 4 is 29.0 Å². The summed E-state index contributed by atoms with van der Waals surface area (Å²) in [6, 6.07) is 3.40. The summed E-state index contributed by atoms with van der Waals surface area (Å²) < 4.78 is 1.65. The highest BCUT2D eigenvalue weighted by atomic mass is 16.2. The number of carbonyl (C=O) groups is 3. The van der Waals surface area contributed by atoms with Gasteiger partial charge in [0.25, 0.3) is 0 Å². The number of hydrogen-bond acceptors (Lipinski definition) is 4. The summed E-state index contributed by atoms with van der Waals surface area (Å²) in [7, 11) is 1.79. The molecule has 1 saturated heterocycles. The molecule has 1 fully saturated rings. The van der Waals surface area contributed by atoms with Gasteiger partial charge < -0.3 is 0 Å². The monoisotopic (exact) mass is 271 g/mol. The van der Waals surface area contributed by atoms with Crippen molar-refractivity contribution in [3.63, 3.8) is 0 Å². The first kappa shape index (κ1) is 12.5. The minimum absolute atomic E-state index is 0.250. The van der Waals surface area contributed by atoms with Crippen LogP contribution in [0.25, 0.3) is 10.9 Å². The predicted molar refractivity (Wildman–Crippen MR) is 71.2 cm³/mol. The first-order chi connectivity index (χ1) is 9.58. The van der Waals surface area contributed by atoms with Crippen LogP contribution in [-0.4, -0.2) is 27.9 Å². The van der Waals surface area contributed by atoms with Gasteiger partial charge in [0.2, 0.25) is 11.8 Å². The van der Waals surface area contributed by atoms with Gasteiger partial charge in [0, 0.05) is 30.6 Å². The number of nitrogens with one attached hydrogen (secondary N) is 1. The molecule has 0 saturated carbocycles. The fraction of sp³-hybridized carbons (Fsp3) is 0.286. The number of fused-ring (bicyclic) bond motifs is 1. The van der Waals surface area contributed by atoms with Gasteiger partial charge in [-0.3, -0.25) is 24.4 Å². The maximum absolute atomic E-state index is 12.0. The third-order valence-corrected chi connectivity index (χ3v) is 3.54. The first-order valence-electron chi connectivity index (χ1n) is 6.34. The number of nitrogens with zero attached hydrogens (tertiary/aromatic N) is 2. The molecule has 2 aromatic rings. The Morgan fingerprint density at radius 1 is 1.40 bits per heavy atom. The minimum atomic E-state index is -0.417. The van der Waals surface area contributed by atoms with Gasteiger partial charge in [0.1, 0.15) is 6.29 Å². The van der Waals surface area contributed by atoms with Crippen molar-refractivity contribution in [2.75, 3.05) is 0 Å². The van der Waals surface area contributed by atoms with Crippen LogP contribution in [0, 0.1) is 0 Å². The van der Waals surface area contributed by atoms with Crippen molar-refractivity contribution in [3.8, 4) is 0 Å². The van der Waals surface area contributed by atoms with Gasteiger partial charge in [-0.05, 0) is 24.1 Å². The molecule has 1 unspecified atom stereocenters. The number of benzene rings is 1. The van der Waals surface area contributed by atoms with Gasteiger partial charge in [-0.15, -0.1) is 0 Å². The van der Waals surface area contributed by atoms with E-state index in [0.29, 0.717) is 23.9 Å². The Kier molecular flexibility index (Phi) is 2.85. The molecule has 0 bridgehead atoms. The van der Waals surface area contributed by atoms with E-state index in [1.165, 1.54) is 0 Å². The molecule has 3 rings (SSSR count). The SMILES string of the molecule is Cn1cc2c(C3CCC(=O)NC3=O)cc(C=O)cc2n1. The zero-order chi connectivity index (χ0) is 14.3. The Balaban J connectivity index is 2.16. The standard InChI is InChI=1S/C14H13N3O3/c1-17-6-11-10(4-8(7-18)5-12(11)16-17)9-2-3-13(19)15-14(9)20/h4-7,9H,2-3H2,1H3,(H,15,19,20). The average molecular weight is 271 g/mol. The normalized spacial score (nSPS) is 19.1. The van der Waals surface area contributed by atoms with Gasteiger partial charge in [-0.1, -0.05) is 0 Å². The van der Waals surface area contributed by atoms with Gasteiger partial charge in [-0.2, -0.15) is 5.10 Å². The van der Waals surface area contributed by atoms with Crippen molar-refractivity contribution in [1.29, 1.82) is 0 Å². The van der Waals surface area contributed by atoms with Crippen molar-refractivity contribution in [2.45, 2.75) is 18.8 Å². The van der Waals surface area contributed by atoms with Crippen LogP contribution in [-0.2, 0) is 16.6 Å². The minimum Gasteiger partial charge on any atom is -0.298 e. The van der Waals surface area contributed by atoms with Gasteiger partial charge in [-0.25, -0.2) is 0 Å². The average Bonchev–Trinajstić information content (AvgIpc) is 2.78. The highest BCUT2D eigenvalue weighted by Crippen LogP contribution is 2.31. The molecule has 102 valence electrons. The topological polar surface area (TPSA) is 81.1 Å². The van der Waals surface area contributed by atoms with E-state index in [-0.39, 0.29) is 11.8 Å². The van der Waals surface area contributed by atoms with Crippen molar-refractivity contribution in [3.05, 3.63) is 29.5 Å². The highest BCUT2D eigenvalue weighted by molar-refractivity contribution is 6.03. The molecule has 6 nitrogen and oxygen atoms in total. The number of hydrogen-bond donors (Lipinski definition) is 1. The Hall–Kier alpha value is -2.50. The van der Waals surface area contributed by atoms with E-state index in [0.717, 1.165) is 17.2 Å². The van der Waals surface area contributed by atoms with Crippen LogP contribution in [0.1, 0.15) is 34.7 Å². The third kappa shape index (κ3) is 1.99. The number of carbonyl (C=O) groups excluding carboxylic acids is 3. The molecule has 1 atom stereocenters. The lowest BCUT2D eigenvalue weighted by Crippen LogP contribution is -2.39. The Morgan fingerprint density at radius 2 is 2.20 bits per heavy atom. The summed E-state index contributed by atoms with van der Waals surface area (Å²) in [5, 5.41) is 7.46. The lowest BCUT2D eigenvalue weighted by atomic mass is 9.87. The van der Waals surface area contributed by atoms with E-state index in [4.69, 9.17) is 0 Å². The molecule has 0 radical (unpaired) electrons. The highest BCUT2D eigenvalue weighted by Gasteiger charge is 2.29. The first-order valence-corrected chi connectivity index (χ1v) is 6.34. The van der Waals surface area contributed by atoms with E-state index < -0.39 is 5.92 Å². The number of rotatable bonds is 2. The molecule has 6 heteroatoms. The second-order valence-corrected chi connectivity index (χ2v) is 4.97. The maximum Gasteiger partial charge on any atom is 0.234 e. The lowest BCUT2D eigenvalue weighted by Gasteiger charge is -2.21. The fourth-order valence-electron chi connectivity index (χ4n) is 2.64. The van der Waals surface area contributed by atoms with Gasteiger partial charge in [0.05, 0.1) is 11.4 Å². The summed E-state index contributed by atoms with van der Waals surface area (Å²) in [5.41, 5.74) is 1.91. The molecule has 2 heterocycles. The van der Waals surface area contributed by atoms with Crippen molar-refractivity contribution in [2.24, 2.45) is 7.05 Å². The number of aromatic nitrogens is 2. The number of aryl methyl sites for hydroxylation is 1. The molecule has 1 aliphatic rings. The number of amides is 2. The van der Waals surface area contributed by atoms with Crippen LogP contribution >= 0.6 is 0 Å². The molecule has 20 heavy (non-hydrogen) atoms. The van der Waals surface area contributed by atoms with Gasteiger partial charge in [0.15, 0.2) is 0 Å². The quantitative estimate of drug-likeness (QED) is 0.650. The van der Waals surface area contributed by atoms with Crippen LogP contribution in [0.4, 0.5) is 0 Å². The summed E-state index contributed by atoms with van der Waals surface area (Å²) in [6.07, 6.45) is 3.33. The number of piperidine rings is 1. The maximum atomic E-state index is 12.0. The van der Waals surface area contributed by atoms with Crippen LogP contribution in [0.2, 0.25) is 0 Å². The molecule has 2 amide bonds. The fourth-order valence-corrected chi connectivity index (χ4v) is 2.64. The van der Waals surface area contributed by atoms with E-state index in [1.807, 2.05) is 6.20 Å². The Morgan fingerprint density at radius 3 is 2.90 bits per heavy atom. The molecule has 1 aromatic carbocycles. The van der Waals surface area contributed by atoms with Crippen molar-refractivity contribution < 1.29 is 14.4 Å². The molecule has 1 N–H and O–H groups in total. The number of imide groups is 1. The Labute approximate surface area is 114 Å². The van der Waals surface area contributed by atoms with E-state index in [2.05, 4.69) is 10.4 Å². The van der Waals surface area contributed by atoms with Crippen LogP contribution in [0.3, 0.4) is 0 Å². The predicted octanol–water partition coefficient (Wildman–Crippen LogP) is 0.906. The third-order valence-electron chi connectivity index (χ3n) is 3.54. The molecule has 0 spiro atoms. The zero-order valence-corrected chi connectivity index (χ0v) is 10.9. The second-order valence-electron chi connectivity index (χ2n) is 4.97. The lowest BCUT2D eigenvalue weighted by molar-refractivity contribution is -0.134. The summed E-state index contributed by atoms with van der Waals surface area (Å²) in [6.45, 7) is 0. The second kappa shape index (κ2) is 4.56. The molecular formula is C14H13N3O3. The summed E-state index contributed by atoms with van der Waals surface area (Å²) >= 11 is 0. The largest absolute Gasteiger partial charge is 0.298 e. The van der Waals surface area contributed by atoms with Crippen molar-refractivity contribution in [1.82, 2.24) is 15.1 Å². The number of aldehydes is 1. The molecular weight excluding hydrogens is 258 g/mol. The molecule has 1 aliphatic heterocycles. The van der Waals surface area contributed by atoms with E-state index >= 15 is 0 Å². The zero-order valence-electron chi connectivity index (χ0n) is 10.9. The van der Waals surface area contributed by atoms with Gasteiger partial charge >= 0.3 is 0 Å². The van der Waals surface area contributed by atoms with Crippen LogP contribution in [0.5, 0.6) is 0 Å². The Bertz CT molecular complexity index is 733. The van der Waals surface area contributed by atoms with E-state index in [1.54, 1.807) is 23.9 Å². The van der Waals surface area contributed by atoms with E-state index in [9.17, 15) is 14.4 Å². The van der Waals surface area contributed by atoms with Crippen LogP contribution < -0.4 is 5.32 Å². The van der Waals surface area contributed by atoms with Crippen LogP contribution in [0.15, 0.2) is 18.3 Å². The molecule has 1 aromatic heterocycles. The summed E-state index contributed by atoms with van der Waals surface area (Å²) in [5.74, 6) is -0.978.